The second kappa shape index (κ2) is 3.61. The van der Waals surface area contributed by atoms with Gasteiger partial charge in [-0.3, -0.25) is 0 Å². The molecule has 4 heteroatoms. The minimum Gasteiger partial charge on any atom is -0.444 e. The second-order valence-corrected chi connectivity index (χ2v) is 6.59. The zero-order valence-corrected chi connectivity index (χ0v) is 10.8. The fourth-order valence-corrected chi connectivity index (χ4v) is 3.14. The highest BCUT2D eigenvalue weighted by Crippen LogP contribution is 2.46. The molecule has 2 aliphatic heterocycles. The largest absolute Gasteiger partial charge is 0.444 e. The SMILES string of the molecule is CC(C)(C)OC(=O)N1C[C@H]2C[C@@H]3O[C@@H]3C[C@H]2C1. The van der Waals surface area contributed by atoms with E-state index in [1.54, 1.807) is 0 Å². The average molecular weight is 239 g/mol. The van der Waals surface area contributed by atoms with E-state index in [9.17, 15) is 4.79 Å². The predicted molar refractivity (Wildman–Crippen MR) is 62.7 cm³/mol. The summed E-state index contributed by atoms with van der Waals surface area (Å²) in [5.74, 6) is 1.26. The summed E-state index contributed by atoms with van der Waals surface area (Å²) in [4.78, 5) is 13.8. The van der Waals surface area contributed by atoms with Crippen molar-refractivity contribution in [2.24, 2.45) is 11.8 Å². The Morgan fingerprint density at radius 3 is 2.18 bits per heavy atom. The summed E-state index contributed by atoms with van der Waals surface area (Å²) in [7, 11) is 0. The van der Waals surface area contributed by atoms with Crippen molar-refractivity contribution in [1.82, 2.24) is 4.90 Å². The van der Waals surface area contributed by atoms with E-state index in [0.717, 1.165) is 25.9 Å². The van der Waals surface area contributed by atoms with Crippen LogP contribution in [0.1, 0.15) is 33.6 Å². The van der Waals surface area contributed by atoms with Crippen LogP contribution in [-0.4, -0.2) is 41.9 Å². The highest BCUT2D eigenvalue weighted by Gasteiger charge is 2.51. The molecule has 4 atom stereocenters. The van der Waals surface area contributed by atoms with Crippen molar-refractivity contribution < 1.29 is 14.3 Å². The van der Waals surface area contributed by atoms with Gasteiger partial charge in [0, 0.05) is 13.1 Å². The average Bonchev–Trinajstić information content (AvgIpc) is 2.79. The number of fused-ring (bicyclic) bond motifs is 2. The van der Waals surface area contributed by atoms with E-state index in [2.05, 4.69) is 0 Å². The molecule has 1 amide bonds. The highest BCUT2D eigenvalue weighted by molar-refractivity contribution is 5.68. The van der Waals surface area contributed by atoms with Crippen LogP contribution in [0, 0.1) is 11.8 Å². The molecule has 0 spiro atoms. The molecule has 96 valence electrons. The summed E-state index contributed by atoms with van der Waals surface area (Å²) in [6.45, 7) is 7.45. The van der Waals surface area contributed by atoms with Crippen LogP contribution in [0.3, 0.4) is 0 Å². The van der Waals surface area contributed by atoms with Gasteiger partial charge in [-0.25, -0.2) is 4.79 Å². The van der Waals surface area contributed by atoms with Gasteiger partial charge in [0.2, 0.25) is 0 Å². The summed E-state index contributed by atoms with van der Waals surface area (Å²) in [5, 5.41) is 0. The second-order valence-electron chi connectivity index (χ2n) is 6.59. The van der Waals surface area contributed by atoms with Gasteiger partial charge in [-0.2, -0.15) is 0 Å². The molecule has 0 aromatic carbocycles. The van der Waals surface area contributed by atoms with Gasteiger partial charge < -0.3 is 14.4 Å². The van der Waals surface area contributed by atoms with Gasteiger partial charge in [0.05, 0.1) is 12.2 Å². The Kier molecular flexibility index (Phi) is 2.41. The number of epoxide rings is 1. The smallest absolute Gasteiger partial charge is 0.410 e. The maximum atomic E-state index is 12.0. The summed E-state index contributed by atoms with van der Waals surface area (Å²) in [6.07, 6.45) is 3.11. The van der Waals surface area contributed by atoms with Crippen LogP contribution >= 0.6 is 0 Å². The Morgan fingerprint density at radius 1 is 1.18 bits per heavy atom. The Balaban J connectivity index is 1.58. The molecule has 0 unspecified atom stereocenters. The standard InChI is InChI=1S/C13H21NO3/c1-13(2,3)17-12(15)14-6-8-4-10-11(16-10)5-9(8)7-14/h8-11H,4-7H2,1-3H3/t8-,9+,10+,11-. The molecule has 0 radical (unpaired) electrons. The molecule has 4 nitrogen and oxygen atoms in total. The molecular weight excluding hydrogens is 218 g/mol. The normalized spacial score (nSPS) is 39.6. The molecule has 0 bridgehead atoms. The lowest BCUT2D eigenvalue weighted by Crippen LogP contribution is -2.35. The number of hydrogen-bond donors (Lipinski definition) is 0. The van der Waals surface area contributed by atoms with Gasteiger partial charge in [0.25, 0.3) is 0 Å². The van der Waals surface area contributed by atoms with Crippen molar-refractivity contribution in [3.63, 3.8) is 0 Å². The number of carbonyl (C=O) groups excluding carboxylic acids is 1. The van der Waals surface area contributed by atoms with Crippen LogP contribution in [0.5, 0.6) is 0 Å². The van der Waals surface area contributed by atoms with E-state index in [1.807, 2.05) is 25.7 Å². The van der Waals surface area contributed by atoms with Crippen molar-refractivity contribution >= 4 is 6.09 Å². The number of amides is 1. The summed E-state index contributed by atoms with van der Waals surface area (Å²) in [6, 6.07) is 0. The lowest BCUT2D eigenvalue weighted by atomic mass is 9.82. The fourth-order valence-electron chi connectivity index (χ4n) is 3.14. The molecule has 0 aromatic heterocycles. The van der Waals surface area contributed by atoms with Gasteiger partial charge in [-0.15, -0.1) is 0 Å². The molecule has 0 aromatic rings. The third kappa shape index (κ3) is 2.28. The maximum absolute atomic E-state index is 12.0. The summed E-state index contributed by atoms with van der Waals surface area (Å²) >= 11 is 0. The predicted octanol–water partition coefficient (Wildman–Crippen LogP) is 2.03. The Hall–Kier alpha value is -0.770. The van der Waals surface area contributed by atoms with Crippen molar-refractivity contribution in [3.8, 4) is 0 Å². The lowest BCUT2D eigenvalue weighted by Gasteiger charge is -2.24. The van der Waals surface area contributed by atoms with Crippen LogP contribution in [0.25, 0.3) is 0 Å². The number of ether oxygens (including phenoxy) is 2. The Bertz CT molecular complexity index is 318. The van der Waals surface area contributed by atoms with Crippen molar-refractivity contribution in [1.29, 1.82) is 0 Å². The van der Waals surface area contributed by atoms with Crippen molar-refractivity contribution in [3.05, 3.63) is 0 Å². The topological polar surface area (TPSA) is 42.1 Å². The number of carbonyl (C=O) groups is 1. The zero-order valence-electron chi connectivity index (χ0n) is 10.8. The molecule has 1 aliphatic carbocycles. The van der Waals surface area contributed by atoms with Gasteiger partial charge >= 0.3 is 6.09 Å². The van der Waals surface area contributed by atoms with E-state index in [4.69, 9.17) is 9.47 Å². The molecule has 0 N–H and O–H groups in total. The van der Waals surface area contributed by atoms with Crippen LogP contribution in [0.2, 0.25) is 0 Å². The molecule has 2 saturated heterocycles. The van der Waals surface area contributed by atoms with E-state index < -0.39 is 5.60 Å². The molecular formula is C13H21NO3. The van der Waals surface area contributed by atoms with Gasteiger partial charge in [0.1, 0.15) is 5.60 Å². The molecule has 1 saturated carbocycles. The van der Waals surface area contributed by atoms with Crippen LogP contribution < -0.4 is 0 Å². The first-order valence-corrected chi connectivity index (χ1v) is 6.56. The van der Waals surface area contributed by atoms with E-state index >= 15 is 0 Å². The first kappa shape index (κ1) is 11.3. The first-order chi connectivity index (χ1) is 7.92. The molecule has 17 heavy (non-hydrogen) atoms. The third-order valence-corrected chi connectivity index (χ3v) is 3.99. The van der Waals surface area contributed by atoms with E-state index in [0.29, 0.717) is 24.0 Å². The number of nitrogens with zero attached hydrogens (tertiary/aromatic N) is 1. The van der Waals surface area contributed by atoms with Crippen molar-refractivity contribution in [2.75, 3.05) is 13.1 Å². The number of hydrogen-bond acceptors (Lipinski definition) is 3. The quantitative estimate of drug-likeness (QED) is 0.607. The summed E-state index contributed by atoms with van der Waals surface area (Å²) in [5.41, 5.74) is -0.393. The maximum Gasteiger partial charge on any atom is 0.410 e. The zero-order chi connectivity index (χ0) is 12.2. The van der Waals surface area contributed by atoms with Crippen LogP contribution in [0.15, 0.2) is 0 Å². The van der Waals surface area contributed by atoms with Gasteiger partial charge in [-0.1, -0.05) is 0 Å². The minimum absolute atomic E-state index is 0.151. The minimum atomic E-state index is -0.393. The number of rotatable bonds is 0. The summed E-state index contributed by atoms with van der Waals surface area (Å²) < 4.78 is 11.0. The van der Waals surface area contributed by atoms with Crippen LogP contribution in [0.4, 0.5) is 4.79 Å². The lowest BCUT2D eigenvalue weighted by molar-refractivity contribution is 0.0282. The van der Waals surface area contributed by atoms with Gasteiger partial charge in [-0.05, 0) is 45.4 Å². The van der Waals surface area contributed by atoms with Crippen LogP contribution in [-0.2, 0) is 9.47 Å². The highest BCUT2D eigenvalue weighted by atomic mass is 16.6. The molecule has 3 rings (SSSR count). The third-order valence-electron chi connectivity index (χ3n) is 3.99. The van der Waals surface area contributed by atoms with E-state index in [1.165, 1.54) is 0 Å². The van der Waals surface area contributed by atoms with E-state index in [-0.39, 0.29) is 6.09 Å². The monoisotopic (exact) mass is 239 g/mol. The Labute approximate surface area is 102 Å². The Morgan fingerprint density at radius 2 is 1.71 bits per heavy atom. The van der Waals surface area contributed by atoms with Crippen molar-refractivity contribution in [2.45, 2.75) is 51.4 Å². The fraction of sp³-hybridized carbons (Fsp3) is 0.923. The molecule has 3 fully saturated rings. The molecule has 3 aliphatic rings. The number of likely N-dealkylation sites (tertiary alicyclic amines) is 1. The van der Waals surface area contributed by atoms with Gasteiger partial charge in [0.15, 0.2) is 0 Å². The first-order valence-electron chi connectivity index (χ1n) is 6.56. The molecule has 2 heterocycles.